The summed E-state index contributed by atoms with van der Waals surface area (Å²) in [6.07, 6.45) is -0.167. The van der Waals surface area contributed by atoms with Crippen molar-refractivity contribution in [3.05, 3.63) is 28.7 Å². The Morgan fingerprint density at radius 2 is 2.00 bits per heavy atom. The van der Waals surface area contributed by atoms with Crippen LogP contribution in [0.2, 0.25) is 0 Å². The quantitative estimate of drug-likeness (QED) is 0.831. The van der Waals surface area contributed by atoms with Gasteiger partial charge in [0.25, 0.3) is 0 Å². The maximum atomic E-state index is 11.4. The molecule has 0 aliphatic heterocycles. The van der Waals surface area contributed by atoms with Gasteiger partial charge in [-0.05, 0) is 35.0 Å². The van der Waals surface area contributed by atoms with Gasteiger partial charge in [-0.15, -0.1) is 0 Å². The Labute approximate surface area is 120 Å². The summed E-state index contributed by atoms with van der Waals surface area (Å²) >= 11 is 3.39. The number of carbonyl (C=O) groups is 2. The molecule has 2 amide bonds. The average molecular weight is 329 g/mol. The van der Waals surface area contributed by atoms with E-state index in [0.717, 1.165) is 10.2 Å². The molecule has 1 aromatic rings. The summed E-state index contributed by atoms with van der Waals surface area (Å²) in [7, 11) is 0. The number of hydrogen-bond donors (Lipinski definition) is 2. The van der Waals surface area contributed by atoms with Crippen molar-refractivity contribution in [1.82, 2.24) is 10.6 Å². The topological polar surface area (TPSA) is 67.4 Å². The van der Waals surface area contributed by atoms with E-state index in [4.69, 9.17) is 4.74 Å². The van der Waals surface area contributed by atoms with Gasteiger partial charge in [0.2, 0.25) is 11.8 Å². The third kappa shape index (κ3) is 6.24. The zero-order chi connectivity index (χ0) is 14.3. The first-order chi connectivity index (χ1) is 8.99. The average Bonchev–Trinajstić information content (AvgIpc) is 2.36. The van der Waals surface area contributed by atoms with E-state index < -0.39 is 0 Å². The maximum Gasteiger partial charge on any atom is 0.239 e. The van der Waals surface area contributed by atoms with E-state index in [1.165, 1.54) is 6.92 Å². The SMILES string of the molecule is CC(=O)NCC(=O)NCC(C)Oc1ccccc1Br. The summed E-state index contributed by atoms with van der Waals surface area (Å²) in [5, 5.41) is 5.11. The van der Waals surface area contributed by atoms with Gasteiger partial charge in [0.15, 0.2) is 0 Å². The normalized spacial score (nSPS) is 11.5. The maximum absolute atomic E-state index is 11.4. The third-order valence-electron chi connectivity index (χ3n) is 2.25. The number of amides is 2. The van der Waals surface area contributed by atoms with E-state index in [2.05, 4.69) is 26.6 Å². The van der Waals surface area contributed by atoms with Crippen LogP contribution >= 0.6 is 15.9 Å². The molecule has 1 atom stereocenters. The molecule has 0 heterocycles. The molecule has 5 nitrogen and oxygen atoms in total. The second-order valence-corrected chi connectivity index (χ2v) is 4.93. The predicted molar refractivity (Wildman–Crippen MR) is 75.9 cm³/mol. The van der Waals surface area contributed by atoms with Gasteiger partial charge in [0.1, 0.15) is 11.9 Å². The van der Waals surface area contributed by atoms with Crippen molar-refractivity contribution in [1.29, 1.82) is 0 Å². The number of rotatable bonds is 6. The number of halogens is 1. The van der Waals surface area contributed by atoms with Gasteiger partial charge >= 0.3 is 0 Å². The molecule has 0 aromatic heterocycles. The van der Waals surface area contributed by atoms with Crippen LogP contribution in [-0.2, 0) is 9.59 Å². The number of carbonyl (C=O) groups excluding carboxylic acids is 2. The molecule has 0 spiro atoms. The number of ether oxygens (including phenoxy) is 1. The van der Waals surface area contributed by atoms with Gasteiger partial charge in [-0.2, -0.15) is 0 Å². The van der Waals surface area contributed by atoms with Crippen LogP contribution in [0, 0.1) is 0 Å². The van der Waals surface area contributed by atoms with Gasteiger partial charge in [-0.3, -0.25) is 9.59 Å². The van der Waals surface area contributed by atoms with Crippen molar-refractivity contribution in [2.24, 2.45) is 0 Å². The predicted octanol–water partition coefficient (Wildman–Crippen LogP) is 1.47. The van der Waals surface area contributed by atoms with Crippen LogP contribution in [0.3, 0.4) is 0 Å². The van der Waals surface area contributed by atoms with Crippen LogP contribution in [0.4, 0.5) is 0 Å². The first-order valence-electron chi connectivity index (χ1n) is 5.91. The van der Waals surface area contributed by atoms with Crippen molar-refractivity contribution in [2.45, 2.75) is 20.0 Å². The Kier molecular flexibility index (Phi) is 6.35. The molecule has 0 bridgehead atoms. The molecule has 0 fully saturated rings. The molecule has 0 aliphatic rings. The van der Waals surface area contributed by atoms with Crippen molar-refractivity contribution in [3.63, 3.8) is 0 Å². The summed E-state index contributed by atoms with van der Waals surface area (Å²) in [5.41, 5.74) is 0. The van der Waals surface area contributed by atoms with E-state index in [1.54, 1.807) is 0 Å². The zero-order valence-electron chi connectivity index (χ0n) is 10.9. The Morgan fingerprint density at radius 3 is 2.63 bits per heavy atom. The van der Waals surface area contributed by atoms with Crippen LogP contribution in [0.5, 0.6) is 5.75 Å². The molecule has 1 rings (SSSR count). The molecule has 1 aromatic carbocycles. The molecule has 19 heavy (non-hydrogen) atoms. The molecule has 0 saturated heterocycles. The largest absolute Gasteiger partial charge is 0.488 e. The summed E-state index contributed by atoms with van der Waals surface area (Å²) in [5.74, 6) is 0.261. The lowest BCUT2D eigenvalue weighted by Gasteiger charge is -2.16. The van der Waals surface area contributed by atoms with E-state index in [0.29, 0.717) is 6.54 Å². The zero-order valence-corrected chi connectivity index (χ0v) is 12.5. The highest BCUT2D eigenvalue weighted by molar-refractivity contribution is 9.10. The van der Waals surface area contributed by atoms with Crippen molar-refractivity contribution in [2.75, 3.05) is 13.1 Å². The van der Waals surface area contributed by atoms with Crippen LogP contribution in [0.1, 0.15) is 13.8 Å². The highest BCUT2D eigenvalue weighted by atomic mass is 79.9. The highest BCUT2D eigenvalue weighted by Gasteiger charge is 2.08. The van der Waals surface area contributed by atoms with Crippen LogP contribution in [0.25, 0.3) is 0 Å². The van der Waals surface area contributed by atoms with Gasteiger partial charge < -0.3 is 15.4 Å². The number of benzene rings is 1. The van der Waals surface area contributed by atoms with E-state index >= 15 is 0 Å². The number of hydrogen-bond acceptors (Lipinski definition) is 3. The second-order valence-electron chi connectivity index (χ2n) is 4.07. The fraction of sp³-hybridized carbons (Fsp3) is 0.385. The number of para-hydroxylation sites is 1. The molecule has 1 unspecified atom stereocenters. The first kappa shape index (κ1) is 15.5. The van der Waals surface area contributed by atoms with Crippen molar-refractivity contribution >= 4 is 27.7 Å². The van der Waals surface area contributed by atoms with Gasteiger partial charge in [0, 0.05) is 6.92 Å². The fourth-order valence-corrected chi connectivity index (χ4v) is 1.70. The summed E-state index contributed by atoms with van der Waals surface area (Å²) < 4.78 is 6.54. The molecule has 0 aliphatic carbocycles. The minimum Gasteiger partial charge on any atom is -0.488 e. The van der Waals surface area contributed by atoms with Crippen molar-refractivity contribution < 1.29 is 14.3 Å². The molecular formula is C13H17BrN2O3. The van der Waals surface area contributed by atoms with Crippen molar-refractivity contribution in [3.8, 4) is 5.75 Å². The monoisotopic (exact) mass is 328 g/mol. The van der Waals surface area contributed by atoms with E-state index in [9.17, 15) is 9.59 Å². The molecule has 6 heteroatoms. The molecule has 0 saturated carbocycles. The smallest absolute Gasteiger partial charge is 0.239 e. The van der Waals surface area contributed by atoms with Crippen LogP contribution in [0.15, 0.2) is 28.7 Å². The van der Waals surface area contributed by atoms with Gasteiger partial charge in [-0.25, -0.2) is 0 Å². The van der Waals surface area contributed by atoms with E-state index in [1.807, 2.05) is 31.2 Å². The summed E-state index contributed by atoms with van der Waals surface area (Å²) in [6, 6.07) is 7.51. The third-order valence-corrected chi connectivity index (χ3v) is 2.90. The summed E-state index contributed by atoms with van der Waals surface area (Å²) in [4.78, 5) is 22.0. The lowest BCUT2D eigenvalue weighted by atomic mass is 10.3. The lowest BCUT2D eigenvalue weighted by molar-refractivity contribution is -0.125. The molecule has 2 N–H and O–H groups in total. The molecule has 0 radical (unpaired) electrons. The minimum absolute atomic E-state index is 0.0168. The Bertz CT molecular complexity index is 451. The standard InChI is InChI=1S/C13H17BrN2O3/c1-9(7-16-13(18)8-15-10(2)17)19-12-6-4-3-5-11(12)14/h3-6,9H,7-8H2,1-2H3,(H,15,17)(H,16,18). The van der Waals surface area contributed by atoms with Crippen LogP contribution < -0.4 is 15.4 Å². The summed E-state index contributed by atoms with van der Waals surface area (Å²) in [6.45, 7) is 3.58. The second kappa shape index (κ2) is 7.78. The van der Waals surface area contributed by atoms with Crippen LogP contribution in [-0.4, -0.2) is 31.0 Å². The highest BCUT2D eigenvalue weighted by Crippen LogP contribution is 2.24. The molecule has 104 valence electrons. The van der Waals surface area contributed by atoms with Gasteiger partial charge in [0.05, 0.1) is 17.6 Å². The Morgan fingerprint density at radius 1 is 1.32 bits per heavy atom. The van der Waals surface area contributed by atoms with E-state index in [-0.39, 0.29) is 24.5 Å². The molecular weight excluding hydrogens is 312 g/mol. The van der Waals surface area contributed by atoms with Gasteiger partial charge in [-0.1, -0.05) is 12.1 Å². The first-order valence-corrected chi connectivity index (χ1v) is 6.70. The Balaban J connectivity index is 2.32. The number of nitrogens with one attached hydrogen (secondary N) is 2. The lowest BCUT2D eigenvalue weighted by Crippen LogP contribution is -2.40. The Hall–Kier alpha value is -1.56. The fourth-order valence-electron chi connectivity index (χ4n) is 1.32. The minimum atomic E-state index is -0.238.